The molecule has 0 aromatic heterocycles. The number of nitrogens with zero attached hydrogens (tertiary/aromatic N) is 2. The average Bonchev–Trinajstić information content (AvgIpc) is 2.68. The van der Waals surface area contributed by atoms with Gasteiger partial charge in [0.25, 0.3) is 11.6 Å². The number of aliphatic hydroxyl groups excluding tert-OH is 2. The number of benzene rings is 1. The molecule has 2 atom stereocenters. The number of aryl methyl sites for hydroxylation is 1. The number of likely N-dealkylation sites (tertiary alicyclic amines) is 1. The number of β-amino-alcohol motifs (C(OH)–C–C–N with tert-alkyl or cyclic N) is 2. The van der Waals surface area contributed by atoms with Gasteiger partial charge >= 0.3 is 0 Å². The zero-order valence-electron chi connectivity index (χ0n) is 10.3. The van der Waals surface area contributed by atoms with Gasteiger partial charge in [0.05, 0.1) is 17.1 Å². The Balaban J connectivity index is 2.23. The highest BCUT2D eigenvalue weighted by Crippen LogP contribution is 2.20. The summed E-state index contributed by atoms with van der Waals surface area (Å²) in [5.41, 5.74) is 0.762. The summed E-state index contributed by atoms with van der Waals surface area (Å²) < 4.78 is 0. The van der Waals surface area contributed by atoms with E-state index in [1.807, 2.05) is 0 Å². The van der Waals surface area contributed by atoms with Gasteiger partial charge in [-0.2, -0.15) is 0 Å². The van der Waals surface area contributed by atoms with E-state index in [0.717, 1.165) is 0 Å². The topological polar surface area (TPSA) is 104 Å². The maximum atomic E-state index is 12.2. The van der Waals surface area contributed by atoms with E-state index < -0.39 is 17.1 Å². The first-order valence-electron chi connectivity index (χ1n) is 5.80. The van der Waals surface area contributed by atoms with Crippen molar-refractivity contribution in [3.05, 3.63) is 39.4 Å². The van der Waals surface area contributed by atoms with Gasteiger partial charge in [-0.15, -0.1) is 0 Å². The Morgan fingerprint density at radius 3 is 2.42 bits per heavy atom. The highest BCUT2D eigenvalue weighted by Gasteiger charge is 2.33. The lowest BCUT2D eigenvalue weighted by Gasteiger charge is -2.16. The fourth-order valence-electron chi connectivity index (χ4n) is 2.11. The number of amides is 1. The first kappa shape index (κ1) is 13.4. The maximum Gasteiger partial charge on any atom is 0.269 e. The number of nitro benzene ring substituents is 1. The minimum Gasteiger partial charge on any atom is -0.388 e. The second-order valence-electron chi connectivity index (χ2n) is 4.60. The zero-order valence-corrected chi connectivity index (χ0v) is 10.3. The Morgan fingerprint density at radius 1 is 1.37 bits per heavy atom. The van der Waals surface area contributed by atoms with Crippen molar-refractivity contribution in [2.24, 2.45) is 0 Å². The minimum atomic E-state index is -0.942. The molecule has 1 fully saturated rings. The summed E-state index contributed by atoms with van der Waals surface area (Å²) in [7, 11) is 0. The summed E-state index contributed by atoms with van der Waals surface area (Å²) in [6.07, 6.45) is -1.88. The van der Waals surface area contributed by atoms with Crippen LogP contribution in [0.1, 0.15) is 15.9 Å². The molecule has 1 aromatic rings. The lowest BCUT2D eigenvalue weighted by Crippen LogP contribution is -2.30. The van der Waals surface area contributed by atoms with Gasteiger partial charge in [0.1, 0.15) is 0 Å². The molecule has 1 saturated heterocycles. The molecule has 0 saturated carbocycles. The SMILES string of the molecule is Cc1cc([N+](=O)[O-])ccc1C(=O)N1CC(O)C(O)C1. The van der Waals surface area contributed by atoms with E-state index in [-0.39, 0.29) is 24.7 Å². The van der Waals surface area contributed by atoms with E-state index in [9.17, 15) is 25.1 Å². The zero-order chi connectivity index (χ0) is 14.2. The lowest BCUT2D eigenvalue weighted by molar-refractivity contribution is -0.384. The van der Waals surface area contributed by atoms with Gasteiger partial charge in [0.2, 0.25) is 0 Å². The van der Waals surface area contributed by atoms with Crippen LogP contribution in [0.3, 0.4) is 0 Å². The number of rotatable bonds is 2. The van der Waals surface area contributed by atoms with Crippen molar-refractivity contribution in [3.8, 4) is 0 Å². The second kappa shape index (κ2) is 4.94. The van der Waals surface area contributed by atoms with Gasteiger partial charge < -0.3 is 15.1 Å². The minimum absolute atomic E-state index is 0.0659. The Kier molecular flexibility index (Phi) is 3.50. The van der Waals surface area contributed by atoms with Gasteiger partial charge in [0, 0.05) is 30.8 Å². The summed E-state index contributed by atoms with van der Waals surface area (Å²) in [5, 5.41) is 29.5. The summed E-state index contributed by atoms with van der Waals surface area (Å²) in [6.45, 7) is 1.75. The average molecular weight is 266 g/mol. The molecule has 2 rings (SSSR count). The van der Waals surface area contributed by atoms with Gasteiger partial charge in [-0.1, -0.05) is 0 Å². The van der Waals surface area contributed by atoms with Crippen LogP contribution in [0.25, 0.3) is 0 Å². The molecule has 2 N–H and O–H groups in total. The van der Waals surface area contributed by atoms with Crippen molar-refractivity contribution < 1.29 is 19.9 Å². The number of carbonyl (C=O) groups is 1. The fourth-order valence-corrected chi connectivity index (χ4v) is 2.11. The molecule has 7 nitrogen and oxygen atoms in total. The van der Waals surface area contributed by atoms with E-state index in [2.05, 4.69) is 0 Å². The molecule has 1 aromatic carbocycles. The molecular weight excluding hydrogens is 252 g/mol. The van der Waals surface area contributed by atoms with Crippen LogP contribution in [0.2, 0.25) is 0 Å². The predicted octanol–water partition coefficient (Wildman–Crippen LogP) is 0.0808. The van der Waals surface area contributed by atoms with E-state index in [4.69, 9.17) is 0 Å². The molecule has 2 unspecified atom stereocenters. The predicted molar refractivity (Wildman–Crippen MR) is 65.8 cm³/mol. The largest absolute Gasteiger partial charge is 0.388 e. The molecule has 1 aliphatic rings. The van der Waals surface area contributed by atoms with Crippen LogP contribution >= 0.6 is 0 Å². The number of non-ortho nitro benzene ring substituents is 1. The molecule has 1 amide bonds. The van der Waals surface area contributed by atoms with E-state index in [1.54, 1.807) is 6.92 Å². The summed E-state index contributed by atoms with van der Waals surface area (Å²) in [5.74, 6) is -0.344. The number of aliphatic hydroxyl groups is 2. The van der Waals surface area contributed by atoms with Crippen LogP contribution in [0.5, 0.6) is 0 Å². The molecule has 0 bridgehead atoms. The first-order valence-corrected chi connectivity index (χ1v) is 5.80. The normalized spacial score (nSPS) is 22.6. The van der Waals surface area contributed by atoms with Crippen molar-refractivity contribution in [1.82, 2.24) is 4.90 Å². The Morgan fingerprint density at radius 2 is 1.95 bits per heavy atom. The van der Waals surface area contributed by atoms with Gasteiger partial charge in [-0.05, 0) is 18.6 Å². The van der Waals surface area contributed by atoms with Gasteiger partial charge in [0.15, 0.2) is 0 Å². The quantitative estimate of drug-likeness (QED) is 0.582. The van der Waals surface area contributed by atoms with E-state index in [1.165, 1.54) is 23.1 Å². The van der Waals surface area contributed by atoms with E-state index >= 15 is 0 Å². The molecule has 1 heterocycles. The van der Waals surface area contributed by atoms with Crippen LogP contribution < -0.4 is 0 Å². The van der Waals surface area contributed by atoms with Crippen LogP contribution in [0, 0.1) is 17.0 Å². The standard InChI is InChI=1S/C12H14N2O5/c1-7-4-8(14(18)19)2-3-9(7)12(17)13-5-10(15)11(16)6-13/h2-4,10-11,15-16H,5-6H2,1H3. The Hall–Kier alpha value is -1.99. The maximum absolute atomic E-state index is 12.2. The lowest BCUT2D eigenvalue weighted by atomic mass is 10.1. The molecule has 0 radical (unpaired) electrons. The van der Waals surface area contributed by atoms with Crippen molar-refractivity contribution in [1.29, 1.82) is 0 Å². The van der Waals surface area contributed by atoms with Gasteiger partial charge in [-0.25, -0.2) is 0 Å². The Labute approximate surface area is 109 Å². The van der Waals surface area contributed by atoms with Gasteiger partial charge in [-0.3, -0.25) is 14.9 Å². The van der Waals surface area contributed by atoms with E-state index in [0.29, 0.717) is 11.1 Å². The molecule has 7 heteroatoms. The molecular formula is C12H14N2O5. The van der Waals surface area contributed by atoms with Crippen molar-refractivity contribution >= 4 is 11.6 Å². The second-order valence-corrected chi connectivity index (χ2v) is 4.60. The first-order chi connectivity index (χ1) is 8.90. The summed E-state index contributed by atoms with van der Waals surface area (Å²) in [4.78, 5) is 23.6. The molecule has 19 heavy (non-hydrogen) atoms. The Bertz CT molecular complexity index is 521. The number of hydrogen-bond donors (Lipinski definition) is 2. The fraction of sp³-hybridized carbons (Fsp3) is 0.417. The number of nitro groups is 1. The molecule has 1 aliphatic heterocycles. The highest BCUT2D eigenvalue weighted by atomic mass is 16.6. The highest BCUT2D eigenvalue weighted by molar-refractivity contribution is 5.96. The third kappa shape index (κ3) is 2.56. The van der Waals surface area contributed by atoms with Crippen molar-refractivity contribution in [2.75, 3.05) is 13.1 Å². The van der Waals surface area contributed by atoms with Crippen LogP contribution in [-0.4, -0.2) is 51.2 Å². The summed E-state index contributed by atoms with van der Waals surface area (Å²) >= 11 is 0. The number of carbonyl (C=O) groups excluding carboxylic acids is 1. The third-order valence-electron chi connectivity index (χ3n) is 3.20. The van der Waals surface area contributed by atoms with Crippen LogP contribution in [-0.2, 0) is 0 Å². The number of hydrogen-bond acceptors (Lipinski definition) is 5. The van der Waals surface area contributed by atoms with Crippen molar-refractivity contribution in [2.45, 2.75) is 19.1 Å². The van der Waals surface area contributed by atoms with Crippen LogP contribution in [0.15, 0.2) is 18.2 Å². The van der Waals surface area contributed by atoms with Crippen molar-refractivity contribution in [3.63, 3.8) is 0 Å². The molecule has 0 aliphatic carbocycles. The summed E-state index contributed by atoms with van der Waals surface area (Å²) in [6, 6.07) is 3.99. The third-order valence-corrected chi connectivity index (χ3v) is 3.20. The molecule has 0 spiro atoms. The molecule has 102 valence electrons. The van der Waals surface area contributed by atoms with Crippen LogP contribution in [0.4, 0.5) is 5.69 Å². The monoisotopic (exact) mass is 266 g/mol. The smallest absolute Gasteiger partial charge is 0.269 e.